The summed E-state index contributed by atoms with van der Waals surface area (Å²) in [6.07, 6.45) is 9.32. The number of amides is 1. The molecule has 0 aliphatic heterocycles. The summed E-state index contributed by atoms with van der Waals surface area (Å²) in [7, 11) is 0. The van der Waals surface area contributed by atoms with Crippen LogP contribution in [0.5, 0.6) is 0 Å². The van der Waals surface area contributed by atoms with Crippen LogP contribution in [0.1, 0.15) is 57.4 Å². The summed E-state index contributed by atoms with van der Waals surface area (Å²) < 4.78 is 0. The SMILES string of the molecule is CCCCCCCCC(=O)Nc1cc(C)cnc1Cl. The first-order valence-electron chi connectivity index (χ1n) is 7.05. The van der Waals surface area contributed by atoms with E-state index in [1.54, 1.807) is 6.20 Å². The molecule has 0 unspecified atom stereocenters. The minimum Gasteiger partial charge on any atom is -0.323 e. The fourth-order valence-corrected chi connectivity index (χ4v) is 2.07. The number of carbonyl (C=O) groups excluding carboxylic acids is 1. The largest absolute Gasteiger partial charge is 0.323 e. The molecule has 0 bridgehead atoms. The van der Waals surface area contributed by atoms with Crippen molar-refractivity contribution < 1.29 is 4.79 Å². The summed E-state index contributed by atoms with van der Waals surface area (Å²) in [4.78, 5) is 15.8. The van der Waals surface area contributed by atoms with Crippen molar-refractivity contribution >= 4 is 23.2 Å². The number of anilines is 1. The zero-order valence-corrected chi connectivity index (χ0v) is 12.6. The Morgan fingerprint density at radius 1 is 1.26 bits per heavy atom. The lowest BCUT2D eigenvalue weighted by Crippen LogP contribution is -2.12. The van der Waals surface area contributed by atoms with E-state index in [1.165, 1.54) is 25.7 Å². The smallest absolute Gasteiger partial charge is 0.224 e. The van der Waals surface area contributed by atoms with E-state index >= 15 is 0 Å². The van der Waals surface area contributed by atoms with Crippen LogP contribution in [0.4, 0.5) is 5.69 Å². The number of nitrogens with one attached hydrogen (secondary N) is 1. The van der Waals surface area contributed by atoms with Gasteiger partial charge in [-0.2, -0.15) is 0 Å². The number of carbonyl (C=O) groups is 1. The molecule has 1 rings (SSSR count). The van der Waals surface area contributed by atoms with Crippen LogP contribution in [0, 0.1) is 6.92 Å². The highest BCUT2D eigenvalue weighted by atomic mass is 35.5. The lowest BCUT2D eigenvalue weighted by molar-refractivity contribution is -0.116. The van der Waals surface area contributed by atoms with Crippen molar-refractivity contribution in [3.63, 3.8) is 0 Å². The van der Waals surface area contributed by atoms with E-state index in [4.69, 9.17) is 11.6 Å². The molecule has 106 valence electrons. The van der Waals surface area contributed by atoms with E-state index in [-0.39, 0.29) is 5.91 Å². The third kappa shape index (κ3) is 6.58. The zero-order valence-electron chi connectivity index (χ0n) is 11.8. The first-order valence-corrected chi connectivity index (χ1v) is 7.43. The number of pyridine rings is 1. The molecule has 0 atom stereocenters. The Balaban J connectivity index is 2.25. The van der Waals surface area contributed by atoms with Crippen molar-refractivity contribution in [1.29, 1.82) is 0 Å². The standard InChI is InChI=1S/C15H23ClN2O/c1-3-4-5-6-7-8-9-14(19)18-13-10-12(2)11-17-15(13)16/h10-11H,3-9H2,1-2H3,(H,18,19). The van der Waals surface area contributed by atoms with Crippen molar-refractivity contribution in [2.24, 2.45) is 0 Å². The van der Waals surface area contributed by atoms with Gasteiger partial charge in [-0.05, 0) is 25.0 Å². The Bertz CT molecular complexity index is 407. The fraction of sp³-hybridized carbons (Fsp3) is 0.600. The van der Waals surface area contributed by atoms with Crippen LogP contribution in [0.3, 0.4) is 0 Å². The molecule has 1 heterocycles. The molecule has 1 amide bonds. The third-order valence-electron chi connectivity index (χ3n) is 3.01. The van der Waals surface area contributed by atoms with Crippen LogP contribution in [0.15, 0.2) is 12.3 Å². The minimum absolute atomic E-state index is 0.0183. The summed E-state index contributed by atoms with van der Waals surface area (Å²) >= 11 is 5.93. The maximum Gasteiger partial charge on any atom is 0.224 e. The summed E-state index contributed by atoms with van der Waals surface area (Å²) in [6.45, 7) is 4.12. The number of aromatic nitrogens is 1. The van der Waals surface area contributed by atoms with Gasteiger partial charge < -0.3 is 5.32 Å². The molecule has 19 heavy (non-hydrogen) atoms. The van der Waals surface area contributed by atoms with Gasteiger partial charge in [-0.1, -0.05) is 50.6 Å². The van der Waals surface area contributed by atoms with Crippen LogP contribution >= 0.6 is 11.6 Å². The lowest BCUT2D eigenvalue weighted by atomic mass is 10.1. The molecule has 0 radical (unpaired) electrons. The first-order chi connectivity index (χ1) is 9.13. The number of hydrogen-bond donors (Lipinski definition) is 1. The van der Waals surface area contributed by atoms with E-state index in [0.717, 1.165) is 18.4 Å². The minimum atomic E-state index is 0.0183. The monoisotopic (exact) mass is 282 g/mol. The molecule has 3 nitrogen and oxygen atoms in total. The molecule has 0 saturated carbocycles. The van der Waals surface area contributed by atoms with Crippen molar-refractivity contribution in [2.75, 3.05) is 5.32 Å². The second-order valence-electron chi connectivity index (χ2n) is 4.92. The van der Waals surface area contributed by atoms with E-state index in [1.807, 2.05) is 13.0 Å². The van der Waals surface area contributed by atoms with Crippen molar-refractivity contribution in [3.05, 3.63) is 23.0 Å². The van der Waals surface area contributed by atoms with E-state index in [2.05, 4.69) is 17.2 Å². The molecule has 4 heteroatoms. The number of aryl methyl sites for hydroxylation is 1. The number of rotatable bonds is 8. The van der Waals surface area contributed by atoms with Crippen molar-refractivity contribution in [2.45, 2.75) is 58.8 Å². The highest BCUT2D eigenvalue weighted by molar-refractivity contribution is 6.32. The fourth-order valence-electron chi connectivity index (χ4n) is 1.92. The van der Waals surface area contributed by atoms with Gasteiger partial charge in [0, 0.05) is 12.6 Å². The van der Waals surface area contributed by atoms with Gasteiger partial charge in [0.05, 0.1) is 5.69 Å². The molecule has 0 saturated heterocycles. The summed E-state index contributed by atoms with van der Waals surface area (Å²) in [5.74, 6) is 0.0183. The van der Waals surface area contributed by atoms with E-state index in [9.17, 15) is 4.79 Å². The third-order valence-corrected chi connectivity index (χ3v) is 3.31. The Morgan fingerprint density at radius 3 is 2.68 bits per heavy atom. The molecule has 0 fully saturated rings. The first kappa shape index (κ1) is 16.0. The molecule has 0 aliphatic carbocycles. The molecule has 0 aromatic carbocycles. The molecule has 0 spiro atoms. The predicted octanol–water partition coefficient (Wildman–Crippen LogP) is 4.73. The van der Waals surface area contributed by atoms with Gasteiger partial charge in [0.2, 0.25) is 5.91 Å². The second-order valence-corrected chi connectivity index (χ2v) is 5.27. The van der Waals surface area contributed by atoms with Crippen LogP contribution in [0.2, 0.25) is 5.15 Å². The number of nitrogens with zero attached hydrogens (tertiary/aromatic N) is 1. The lowest BCUT2D eigenvalue weighted by Gasteiger charge is -2.07. The van der Waals surface area contributed by atoms with Gasteiger partial charge in [-0.25, -0.2) is 4.98 Å². The van der Waals surface area contributed by atoms with Crippen LogP contribution in [-0.2, 0) is 4.79 Å². The molecule has 1 aromatic heterocycles. The Hall–Kier alpha value is -1.09. The normalized spacial score (nSPS) is 10.5. The quantitative estimate of drug-likeness (QED) is 0.553. The topological polar surface area (TPSA) is 42.0 Å². The number of hydrogen-bond acceptors (Lipinski definition) is 2. The average molecular weight is 283 g/mol. The molecular formula is C15H23ClN2O. The van der Waals surface area contributed by atoms with E-state index < -0.39 is 0 Å². The molecule has 0 aliphatic rings. The zero-order chi connectivity index (χ0) is 14.1. The average Bonchev–Trinajstić information content (AvgIpc) is 2.38. The molecule has 1 N–H and O–H groups in total. The number of unbranched alkanes of at least 4 members (excludes halogenated alkanes) is 5. The second kappa shape index (κ2) is 8.92. The van der Waals surface area contributed by atoms with Crippen molar-refractivity contribution in [1.82, 2.24) is 4.98 Å². The summed E-state index contributed by atoms with van der Waals surface area (Å²) in [5, 5.41) is 3.17. The van der Waals surface area contributed by atoms with Crippen LogP contribution in [-0.4, -0.2) is 10.9 Å². The predicted molar refractivity (Wildman–Crippen MR) is 80.6 cm³/mol. The highest BCUT2D eigenvalue weighted by Gasteiger charge is 2.06. The number of halogens is 1. The molecule has 1 aromatic rings. The highest BCUT2D eigenvalue weighted by Crippen LogP contribution is 2.20. The molecular weight excluding hydrogens is 260 g/mol. The maximum absolute atomic E-state index is 11.8. The van der Waals surface area contributed by atoms with Crippen LogP contribution in [0.25, 0.3) is 0 Å². The summed E-state index contributed by atoms with van der Waals surface area (Å²) in [5.41, 5.74) is 1.59. The van der Waals surface area contributed by atoms with Gasteiger partial charge in [0.25, 0.3) is 0 Å². The van der Waals surface area contributed by atoms with Gasteiger partial charge in [-0.15, -0.1) is 0 Å². The van der Waals surface area contributed by atoms with Crippen molar-refractivity contribution in [3.8, 4) is 0 Å². The van der Waals surface area contributed by atoms with E-state index in [0.29, 0.717) is 17.3 Å². The van der Waals surface area contributed by atoms with Gasteiger partial charge in [0.1, 0.15) is 0 Å². The van der Waals surface area contributed by atoms with Gasteiger partial charge in [-0.3, -0.25) is 4.79 Å². The van der Waals surface area contributed by atoms with Gasteiger partial charge in [0.15, 0.2) is 5.15 Å². The van der Waals surface area contributed by atoms with Gasteiger partial charge >= 0.3 is 0 Å². The Morgan fingerprint density at radius 2 is 1.95 bits per heavy atom. The Kier molecular flexibility index (Phi) is 7.49. The maximum atomic E-state index is 11.8. The van der Waals surface area contributed by atoms with Crippen LogP contribution < -0.4 is 5.32 Å². The Labute approximate surface area is 120 Å². The summed E-state index contributed by atoms with van der Waals surface area (Å²) in [6, 6.07) is 1.84.